The van der Waals surface area contributed by atoms with Gasteiger partial charge in [0, 0.05) is 11.5 Å². The molecule has 3 rings (SSSR count). The minimum Gasteiger partial charge on any atom is -0.325 e. The highest BCUT2D eigenvalue weighted by atomic mass is 14.9. The second-order valence-corrected chi connectivity index (χ2v) is 5.39. The monoisotopic (exact) mass is 237 g/mol. The van der Waals surface area contributed by atoms with Crippen molar-refractivity contribution < 1.29 is 0 Å². The number of aryl methyl sites for hydroxylation is 1. The minimum atomic E-state index is 0.0250. The SMILES string of the molecule is N[C@]1(CCc2ccccc2)C[C@H]1c1ccccc1. The number of hydrogen-bond acceptors (Lipinski definition) is 1. The summed E-state index contributed by atoms with van der Waals surface area (Å²) in [6.07, 6.45) is 3.29. The average Bonchev–Trinajstić information content (AvgIpc) is 3.12. The summed E-state index contributed by atoms with van der Waals surface area (Å²) in [5, 5.41) is 0. The van der Waals surface area contributed by atoms with Crippen LogP contribution in [0, 0.1) is 0 Å². The lowest BCUT2D eigenvalue weighted by molar-refractivity contribution is 0.589. The molecule has 0 spiro atoms. The quantitative estimate of drug-likeness (QED) is 0.865. The van der Waals surface area contributed by atoms with Gasteiger partial charge in [0.1, 0.15) is 0 Å². The van der Waals surface area contributed by atoms with Crippen LogP contribution in [-0.4, -0.2) is 5.54 Å². The van der Waals surface area contributed by atoms with Crippen molar-refractivity contribution in [2.24, 2.45) is 5.73 Å². The van der Waals surface area contributed by atoms with Crippen LogP contribution in [0.15, 0.2) is 60.7 Å². The van der Waals surface area contributed by atoms with Crippen molar-refractivity contribution in [3.8, 4) is 0 Å². The summed E-state index contributed by atoms with van der Waals surface area (Å²) in [4.78, 5) is 0. The molecule has 0 unspecified atom stereocenters. The summed E-state index contributed by atoms with van der Waals surface area (Å²) in [6.45, 7) is 0. The van der Waals surface area contributed by atoms with Crippen LogP contribution in [0.1, 0.15) is 29.9 Å². The largest absolute Gasteiger partial charge is 0.325 e. The van der Waals surface area contributed by atoms with Gasteiger partial charge in [-0.1, -0.05) is 60.7 Å². The van der Waals surface area contributed by atoms with Gasteiger partial charge in [-0.15, -0.1) is 0 Å². The van der Waals surface area contributed by atoms with E-state index in [9.17, 15) is 0 Å². The molecule has 0 bridgehead atoms. The van der Waals surface area contributed by atoms with Gasteiger partial charge in [0.05, 0.1) is 0 Å². The van der Waals surface area contributed by atoms with E-state index >= 15 is 0 Å². The Morgan fingerprint density at radius 3 is 2.22 bits per heavy atom. The van der Waals surface area contributed by atoms with Crippen LogP contribution in [0.2, 0.25) is 0 Å². The van der Waals surface area contributed by atoms with E-state index in [-0.39, 0.29) is 5.54 Å². The molecule has 0 saturated heterocycles. The maximum absolute atomic E-state index is 6.47. The second-order valence-electron chi connectivity index (χ2n) is 5.39. The number of benzene rings is 2. The molecule has 1 heteroatoms. The number of rotatable bonds is 4. The van der Waals surface area contributed by atoms with Crippen molar-refractivity contribution in [2.45, 2.75) is 30.7 Å². The summed E-state index contributed by atoms with van der Waals surface area (Å²) in [5.41, 5.74) is 9.28. The summed E-state index contributed by atoms with van der Waals surface area (Å²) in [6, 6.07) is 21.3. The highest BCUT2D eigenvalue weighted by Gasteiger charge is 2.50. The highest BCUT2D eigenvalue weighted by molar-refractivity contribution is 5.33. The van der Waals surface area contributed by atoms with E-state index in [0.717, 1.165) is 19.3 Å². The Morgan fingerprint density at radius 2 is 1.56 bits per heavy atom. The topological polar surface area (TPSA) is 26.0 Å². The van der Waals surface area contributed by atoms with Crippen molar-refractivity contribution in [3.05, 3.63) is 71.8 Å². The van der Waals surface area contributed by atoms with Crippen LogP contribution < -0.4 is 5.73 Å². The molecule has 2 N–H and O–H groups in total. The van der Waals surface area contributed by atoms with Gasteiger partial charge in [0.15, 0.2) is 0 Å². The zero-order chi connectivity index (χ0) is 12.4. The summed E-state index contributed by atoms with van der Waals surface area (Å²) in [7, 11) is 0. The normalized spacial score (nSPS) is 25.9. The van der Waals surface area contributed by atoms with Crippen LogP contribution in [-0.2, 0) is 6.42 Å². The molecule has 0 heterocycles. The molecule has 2 aromatic rings. The molecule has 2 atom stereocenters. The molecule has 1 fully saturated rings. The molecule has 2 aromatic carbocycles. The standard InChI is InChI=1S/C17H19N/c18-17(12-11-14-7-3-1-4-8-14)13-16(17)15-9-5-2-6-10-15/h1-10,16H,11-13,18H2/t16-,17+/m0/s1. The number of hydrogen-bond donors (Lipinski definition) is 1. The minimum absolute atomic E-state index is 0.0250. The Hall–Kier alpha value is -1.60. The fourth-order valence-electron chi connectivity index (χ4n) is 2.75. The maximum Gasteiger partial charge on any atom is 0.0234 e. The van der Waals surface area contributed by atoms with Gasteiger partial charge in [-0.05, 0) is 30.4 Å². The molecular formula is C17H19N. The lowest BCUT2D eigenvalue weighted by Gasteiger charge is -2.11. The molecule has 18 heavy (non-hydrogen) atoms. The van der Waals surface area contributed by atoms with Gasteiger partial charge in [-0.25, -0.2) is 0 Å². The first-order valence-corrected chi connectivity index (χ1v) is 6.66. The van der Waals surface area contributed by atoms with E-state index in [1.54, 1.807) is 0 Å². The van der Waals surface area contributed by atoms with Gasteiger partial charge in [0.25, 0.3) is 0 Å². The van der Waals surface area contributed by atoms with E-state index < -0.39 is 0 Å². The van der Waals surface area contributed by atoms with Crippen molar-refractivity contribution in [2.75, 3.05) is 0 Å². The predicted molar refractivity (Wildman–Crippen MR) is 75.5 cm³/mol. The van der Waals surface area contributed by atoms with Crippen molar-refractivity contribution in [3.63, 3.8) is 0 Å². The smallest absolute Gasteiger partial charge is 0.0234 e. The highest BCUT2D eigenvalue weighted by Crippen LogP contribution is 2.51. The Kier molecular flexibility index (Phi) is 2.92. The Bertz CT molecular complexity index is 506. The molecule has 1 saturated carbocycles. The first-order valence-electron chi connectivity index (χ1n) is 6.66. The summed E-state index contributed by atoms with van der Waals surface area (Å²) < 4.78 is 0. The number of nitrogens with two attached hydrogens (primary N) is 1. The van der Waals surface area contributed by atoms with Gasteiger partial charge in [-0.2, -0.15) is 0 Å². The van der Waals surface area contributed by atoms with E-state index in [1.165, 1.54) is 11.1 Å². The fraction of sp³-hybridized carbons (Fsp3) is 0.294. The first kappa shape index (κ1) is 11.5. The molecule has 92 valence electrons. The van der Waals surface area contributed by atoms with Crippen molar-refractivity contribution >= 4 is 0 Å². The zero-order valence-corrected chi connectivity index (χ0v) is 10.5. The average molecular weight is 237 g/mol. The van der Waals surface area contributed by atoms with Crippen molar-refractivity contribution in [1.29, 1.82) is 0 Å². The van der Waals surface area contributed by atoms with Gasteiger partial charge in [-0.3, -0.25) is 0 Å². The van der Waals surface area contributed by atoms with Crippen LogP contribution in [0.25, 0.3) is 0 Å². The fourth-order valence-corrected chi connectivity index (χ4v) is 2.75. The summed E-state index contributed by atoms with van der Waals surface area (Å²) >= 11 is 0. The third-order valence-electron chi connectivity index (χ3n) is 4.04. The lowest BCUT2D eigenvalue weighted by Crippen LogP contribution is -2.25. The Labute approximate surface area is 109 Å². The Morgan fingerprint density at radius 1 is 0.944 bits per heavy atom. The van der Waals surface area contributed by atoms with Crippen molar-refractivity contribution in [1.82, 2.24) is 0 Å². The Balaban J connectivity index is 1.62. The van der Waals surface area contributed by atoms with Gasteiger partial charge < -0.3 is 5.73 Å². The van der Waals surface area contributed by atoms with E-state index in [2.05, 4.69) is 60.7 Å². The molecule has 1 nitrogen and oxygen atoms in total. The molecule has 0 amide bonds. The molecule has 0 aromatic heterocycles. The van der Waals surface area contributed by atoms with E-state index in [4.69, 9.17) is 5.73 Å². The molecule has 1 aliphatic rings. The van der Waals surface area contributed by atoms with Gasteiger partial charge >= 0.3 is 0 Å². The lowest BCUT2D eigenvalue weighted by atomic mass is 10.00. The van der Waals surface area contributed by atoms with E-state index in [1.807, 2.05) is 0 Å². The van der Waals surface area contributed by atoms with Crippen LogP contribution >= 0.6 is 0 Å². The van der Waals surface area contributed by atoms with E-state index in [0.29, 0.717) is 5.92 Å². The first-order chi connectivity index (χ1) is 8.78. The molecular weight excluding hydrogens is 218 g/mol. The van der Waals surface area contributed by atoms with Crippen LogP contribution in [0.3, 0.4) is 0 Å². The van der Waals surface area contributed by atoms with Crippen LogP contribution in [0.5, 0.6) is 0 Å². The van der Waals surface area contributed by atoms with Crippen LogP contribution in [0.4, 0.5) is 0 Å². The molecule has 0 radical (unpaired) electrons. The second kappa shape index (κ2) is 4.58. The van der Waals surface area contributed by atoms with Gasteiger partial charge in [0.2, 0.25) is 0 Å². The zero-order valence-electron chi connectivity index (χ0n) is 10.5. The maximum atomic E-state index is 6.47. The summed E-state index contributed by atoms with van der Waals surface area (Å²) in [5.74, 6) is 0.558. The predicted octanol–water partition coefficient (Wildman–Crippen LogP) is 3.50. The molecule has 1 aliphatic carbocycles. The third-order valence-corrected chi connectivity index (χ3v) is 4.04. The third kappa shape index (κ3) is 2.32. The molecule has 0 aliphatic heterocycles.